The molecule has 3 rings (SSSR count). The molecule has 0 heterocycles. The molecule has 24 heavy (non-hydrogen) atoms. The summed E-state index contributed by atoms with van der Waals surface area (Å²) in [6.45, 7) is 0. The van der Waals surface area contributed by atoms with Gasteiger partial charge in [-0.1, -0.05) is 0 Å². The van der Waals surface area contributed by atoms with Crippen LogP contribution in [0.1, 0.15) is 0 Å². The van der Waals surface area contributed by atoms with Crippen LogP contribution in [0.25, 0.3) is 0 Å². The summed E-state index contributed by atoms with van der Waals surface area (Å²) in [5.41, 5.74) is 0. The van der Waals surface area contributed by atoms with E-state index >= 15 is 0 Å². The minimum atomic E-state index is -2.29. The molecule has 122 valence electrons. The zero-order valence-corrected chi connectivity index (χ0v) is 19.0. The van der Waals surface area contributed by atoms with E-state index in [9.17, 15) is 0 Å². The van der Waals surface area contributed by atoms with E-state index in [4.69, 9.17) is 11.8 Å². The molecule has 0 amide bonds. The number of hydrogen-bond donors (Lipinski definition) is 0. The van der Waals surface area contributed by atoms with Crippen molar-refractivity contribution in [2.45, 2.75) is 14.8 Å². The van der Waals surface area contributed by atoms with E-state index in [1.807, 2.05) is 0 Å². The maximum absolute atomic E-state index is 6.50. The molecular formula is C21H23PSSn. The van der Waals surface area contributed by atoms with Gasteiger partial charge in [-0.2, -0.15) is 0 Å². The molecule has 0 aromatic heterocycles. The van der Waals surface area contributed by atoms with Crippen molar-refractivity contribution in [2.75, 3.05) is 0 Å². The van der Waals surface area contributed by atoms with E-state index in [0.29, 0.717) is 0 Å². The molecule has 0 nitrogen and oxygen atoms in total. The molecule has 0 saturated carbocycles. The molecule has 0 unspecified atom stereocenters. The first-order valence-corrected chi connectivity index (χ1v) is 21.0. The van der Waals surface area contributed by atoms with Gasteiger partial charge in [0.15, 0.2) is 0 Å². The summed E-state index contributed by atoms with van der Waals surface area (Å²) in [7, 11) is 0. The number of hydrogen-bond acceptors (Lipinski definition) is 1. The van der Waals surface area contributed by atoms with Crippen molar-refractivity contribution in [1.82, 2.24) is 0 Å². The first-order chi connectivity index (χ1) is 11.4. The summed E-state index contributed by atoms with van der Waals surface area (Å²) in [6.07, 6.45) is 0. The predicted molar refractivity (Wildman–Crippen MR) is 115 cm³/mol. The van der Waals surface area contributed by atoms with Crippen molar-refractivity contribution in [1.29, 1.82) is 0 Å². The third-order valence-electron chi connectivity index (χ3n) is 4.29. The third-order valence-corrected chi connectivity index (χ3v) is 15.7. The van der Waals surface area contributed by atoms with Gasteiger partial charge in [0, 0.05) is 0 Å². The van der Waals surface area contributed by atoms with E-state index in [-0.39, 0.29) is 0 Å². The molecule has 0 aliphatic heterocycles. The van der Waals surface area contributed by atoms with Crippen LogP contribution in [-0.4, -0.2) is 18.4 Å². The van der Waals surface area contributed by atoms with E-state index in [2.05, 4.69) is 99.7 Å². The molecule has 0 aliphatic carbocycles. The van der Waals surface area contributed by atoms with Gasteiger partial charge in [0.2, 0.25) is 0 Å². The molecular weight excluding hydrogens is 434 g/mol. The van der Waals surface area contributed by atoms with Crippen LogP contribution in [0.2, 0.25) is 14.8 Å². The van der Waals surface area contributed by atoms with Crippen LogP contribution in [-0.2, 0) is 11.8 Å². The van der Waals surface area contributed by atoms with Crippen molar-refractivity contribution in [3.05, 3.63) is 84.9 Å². The first-order valence-electron chi connectivity index (χ1n) is 8.25. The van der Waals surface area contributed by atoms with Crippen molar-refractivity contribution in [3.8, 4) is 0 Å². The monoisotopic (exact) mass is 458 g/mol. The molecule has 3 heteroatoms. The van der Waals surface area contributed by atoms with Gasteiger partial charge < -0.3 is 0 Å². The molecule has 0 saturated heterocycles. The summed E-state index contributed by atoms with van der Waals surface area (Å²) in [4.78, 5) is 7.43. The average molecular weight is 457 g/mol. The predicted octanol–water partition coefficient (Wildman–Crippen LogP) is 3.99. The zero-order valence-electron chi connectivity index (χ0n) is 14.4. The van der Waals surface area contributed by atoms with Gasteiger partial charge in [0.25, 0.3) is 0 Å². The average Bonchev–Trinajstić information content (AvgIpc) is 2.62. The van der Waals surface area contributed by atoms with Crippen LogP contribution < -0.4 is 19.5 Å². The fourth-order valence-electron chi connectivity index (χ4n) is 3.09. The fourth-order valence-corrected chi connectivity index (χ4v) is 15.6. The van der Waals surface area contributed by atoms with Crippen LogP contribution in [0.4, 0.5) is 0 Å². The Hall–Kier alpha value is -0.891. The quantitative estimate of drug-likeness (QED) is 0.422. The van der Waals surface area contributed by atoms with Crippen LogP contribution >= 0.6 is 6.04 Å². The second kappa shape index (κ2) is 7.15. The molecule has 0 atom stereocenters. The topological polar surface area (TPSA) is 0 Å². The molecule has 0 spiro atoms. The minimum absolute atomic E-state index is 1.29. The van der Waals surface area contributed by atoms with E-state index in [1.165, 1.54) is 15.9 Å². The van der Waals surface area contributed by atoms with Gasteiger partial charge in [-0.3, -0.25) is 0 Å². The van der Waals surface area contributed by atoms with Gasteiger partial charge in [-0.25, -0.2) is 0 Å². The Morgan fingerprint density at radius 3 is 1.50 bits per heavy atom. The first kappa shape index (κ1) is 17.9. The van der Waals surface area contributed by atoms with Crippen LogP contribution in [0.5, 0.6) is 0 Å². The van der Waals surface area contributed by atoms with Crippen molar-refractivity contribution >= 4 is 55.7 Å². The summed E-state index contributed by atoms with van der Waals surface area (Å²) in [6, 6.07) is 28.4. The molecule has 0 radical (unpaired) electrons. The summed E-state index contributed by atoms with van der Waals surface area (Å²) < 4.78 is 1.56. The van der Waals surface area contributed by atoms with Gasteiger partial charge in [0.05, 0.1) is 0 Å². The van der Waals surface area contributed by atoms with Crippen molar-refractivity contribution in [3.63, 3.8) is 0 Å². The van der Waals surface area contributed by atoms with Gasteiger partial charge in [-0.15, -0.1) is 0 Å². The molecule has 0 N–H and O–H groups in total. The van der Waals surface area contributed by atoms with E-state index < -0.39 is 24.4 Å². The molecule has 3 aromatic carbocycles. The standard InChI is InChI=1S/C18H14PS.3CH3.Sn/c20-19(16-10-4-1-5-11-16,17-12-6-2-7-13-17)18-14-8-3-9-15-18;;;;/h1-14H;3*1H3;. The molecule has 3 aromatic rings. The zero-order chi connectivity index (χ0) is 17.2. The Morgan fingerprint density at radius 1 is 0.625 bits per heavy atom. The fraction of sp³-hybridized carbons (Fsp3) is 0.143. The van der Waals surface area contributed by atoms with Crippen LogP contribution in [0.15, 0.2) is 84.9 Å². The summed E-state index contributed by atoms with van der Waals surface area (Å²) >= 11 is 4.22. The van der Waals surface area contributed by atoms with Crippen molar-refractivity contribution in [2.24, 2.45) is 0 Å². The van der Waals surface area contributed by atoms with Gasteiger partial charge >= 0.3 is 155 Å². The third kappa shape index (κ3) is 3.40. The van der Waals surface area contributed by atoms with E-state index in [1.54, 1.807) is 3.58 Å². The van der Waals surface area contributed by atoms with Crippen molar-refractivity contribution < 1.29 is 0 Å². The molecule has 0 fully saturated rings. The Kier molecular flexibility index (Phi) is 5.34. The van der Waals surface area contributed by atoms with Gasteiger partial charge in [0.1, 0.15) is 0 Å². The SMILES string of the molecule is [CH3][Sn]([CH3])([CH3])[c]1ccccc1P(=S)(c1ccccc1)c1ccccc1. The number of rotatable bonds is 4. The summed E-state index contributed by atoms with van der Waals surface area (Å²) in [5.74, 6) is 0. The Morgan fingerprint density at radius 2 is 1.04 bits per heavy atom. The second-order valence-electron chi connectivity index (χ2n) is 7.05. The van der Waals surface area contributed by atoms with Crippen LogP contribution in [0.3, 0.4) is 0 Å². The van der Waals surface area contributed by atoms with E-state index in [0.717, 1.165) is 0 Å². The Labute approximate surface area is 154 Å². The normalized spacial score (nSPS) is 12.1. The Bertz CT molecular complexity index is 824. The Balaban J connectivity index is 2.36. The van der Waals surface area contributed by atoms with Gasteiger partial charge in [-0.05, 0) is 0 Å². The molecule has 0 aliphatic rings. The maximum atomic E-state index is 6.50. The van der Waals surface area contributed by atoms with Crippen LogP contribution in [0, 0.1) is 0 Å². The summed E-state index contributed by atoms with van der Waals surface area (Å²) in [5, 5.41) is 3.98. The second-order valence-corrected chi connectivity index (χ2v) is 25.8. The molecule has 0 bridgehead atoms. The number of benzene rings is 3.